The number of aromatic carboxylic acids is 1. The van der Waals surface area contributed by atoms with Crippen LogP contribution in [0, 0.1) is 10.1 Å². The number of rotatable bonds is 7. The molecule has 1 heterocycles. The summed E-state index contributed by atoms with van der Waals surface area (Å²) in [5.74, 6) is -2.41. The molecule has 0 atom stereocenters. The van der Waals surface area contributed by atoms with Crippen LogP contribution in [-0.4, -0.2) is 38.2 Å². The minimum atomic E-state index is -1.58. The number of fused-ring (bicyclic) bond motifs is 1. The molecule has 0 aliphatic rings. The van der Waals surface area contributed by atoms with E-state index in [1.807, 2.05) is 0 Å². The Balaban J connectivity index is 2.65. The van der Waals surface area contributed by atoms with Crippen molar-refractivity contribution in [3.8, 4) is 0 Å². The fourth-order valence-corrected chi connectivity index (χ4v) is 2.32. The monoisotopic (exact) mass is 398 g/mol. The number of H-pyrrole nitrogens is 1. The first kappa shape index (κ1) is 20.9. The van der Waals surface area contributed by atoms with E-state index in [-0.39, 0.29) is 27.9 Å². The van der Waals surface area contributed by atoms with E-state index in [4.69, 9.17) is 5.11 Å². The number of nitrogens with zero attached hydrogens (tertiary/aromatic N) is 2. The van der Waals surface area contributed by atoms with Crippen LogP contribution >= 0.6 is 0 Å². The Labute approximate surface area is 162 Å². The molecule has 0 fully saturated rings. The van der Waals surface area contributed by atoms with Crippen molar-refractivity contribution in [2.45, 2.75) is 6.92 Å². The van der Waals surface area contributed by atoms with Crippen LogP contribution < -0.4 is 10.9 Å². The average Bonchev–Trinajstić information content (AvgIpc) is 2.66. The van der Waals surface area contributed by atoms with Gasteiger partial charge in [0.15, 0.2) is 0 Å². The van der Waals surface area contributed by atoms with Crippen LogP contribution in [0.15, 0.2) is 52.9 Å². The molecule has 2 rings (SSSR count). The van der Waals surface area contributed by atoms with Crippen molar-refractivity contribution in [1.29, 1.82) is 0 Å². The van der Waals surface area contributed by atoms with E-state index >= 15 is 0 Å². The number of anilines is 1. The standard InChI is InChI=1S/C18H14N4O7/c1-3-4-5-10(9(2)8-23)16(24)21-13-6-11-12(7-14(13)22(28)29)20-17(25)15(19-11)18(26)27/h3-8H,1H2,2H3,(H,20,25)(H,21,24)(H,26,27)/b5-4-,10-9-. The third-order valence-electron chi connectivity index (χ3n) is 3.70. The minimum Gasteiger partial charge on any atom is -0.476 e. The Morgan fingerprint density at radius 1 is 1.38 bits per heavy atom. The van der Waals surface area contributed by atoms with Gasteiger partial charge in [-0.3, -0.25) is 24.5 Å². The van der Waals surface area contributed by atoms with Crippen LogP contribution in [0.1, 0.15) is 17.4 Å². The molecule has 0 aliphatic carbocycles. The largest absolute Gasteiger partial charge is 0.476 e. The highest BCUT2D eigenvalue weighted by Gasteiger charge is 2.21. The highest BCUT2D eigenvalue weighted by Crippen LogP contribution is 2.29. The van der Waals surface area contributed by atoms with E-state index in [9.17, 15) is 29.3 Å². The van der Waals surface area contributed by atoms with Gasteiger partial charge in [-0.05, 0) is 19.1 Å². The number of aromatic nitrogens is 2. The van der Waals surface area contributed by atoms with Crippen LogP contribution in [0.3, 0.4) is 0 Å². The fourth-order valence-electron chi connectivity index (χ4n) is 2.32. The first-order valence-corrected chi connectivity index (χ1v) is 7.91. The molecule has 0 saturated carbocycles. The third kappa shape index (κ3) is 4.47. The van der Waals surface area contributed by atoms with Crippen LogP contribution in [-0.2, 0) is 9.59 Å². The van der Waals surface area contributed by atoms with Gasteiger partial charge in [-0.25, -0.2) is 9.78 Å². The van der Waals surface area contributed by atoms with E-state index in [1.165, 1.54) is 25.2 Å². The zero-order valence-corrected chi connectivity index (χ0v) is 15.0. The molecule has 0 aliphatic heterocycles. The number of benzene rings is 1. The molecule has 11 heteroatoms. The second kappa shape index (κ2) is 8.52. The predicted molar refractivity (Wildman–Crippen MR) is 103 cm³/mol. The summed E-state index contributed by atoms with van der Waals surface area (Å²) in [5.41, 5.74) is -2.88. The predicted octanol–water partition coefficient (Wildman–Crippen LogP) is 1.73. The first-order valence-electron chi connectivity index (χ1n) is 7.91. The van der Waals surface area contributed by atoms with Crippen molar-refractivity contribution in [2.75, 3.05) is 5.32 Å². The first-order chi connectivity index (χ1) is 13.7. The van der Waals surface area contributed by atoms with Gasteiger partial charge < -0.3 is 15.4 Å². The lowest BCUT2D eigenvalue weighted by Crippen LogP contribution is -2.20. The number of hydrogen-bond acceptors (Lipinski definition) is 7. The normalized spacial score (nSPS) is 11.8. The van der Waals surface area contributed by atoms with Gasteiger partial charge in [0.25, 0.3) is 17.2 Å². The molecule has 0 bridgehead atoms. The van der Waals surface area contributed by atoms with Crippen molar-refractivity contribution < 1.29 is 24.4 Å². The maximum atomic E-state index is 12.6. The maximum Gasteiger partial charge on any atom is 0.360 e. The maximum absolute atomic E-state index is 12.6. The Morgan fingerprint density at radius 2 is 2.07 bits per heavy atom. The van der Waals surface area contributed by atoms with Gasteiger partial charge in [-0.15, -0.1) is 0 Å². The van der Waals surface area contributed by atoms with E-state index in [2.05, 4.69) is 21.9 Å². The minimum absolute atomic E-state index is 0.0602. The highest BCUT2D eigenvalue weighted by atomic mass is 16.6. The van der Waals surface area contributed by atoms with E-state index in [0.29, 0.717) is 6.29 Å². The summed E-state index contributed by atoms with van der Waals surface area (Å²) in [6, 6.07) is 2.00. The van der Waals surface area contributed by atoms with Gasteiger partial charge in [0.2, 0.25) is 5.69 Å². The Hall–Kier alpha value is -4.41. The lowest BCUT2D eigenvalue weighted by atomic mass is 10.1. The van der Waals surface area contributed by atoms with Crippen molar-refractivity contribution in [2.24, 2.45) is 0 Å². The van der Waals surface area contributed by atoms with Gasteiger partial charge in [0.05, 0.1) is 16.0 Å². The molecule has 29 heavy (non-hydrogen) atoms. The molecule has 148 valence electrons. The molecule has 1 amide bonds. The number of hydrogen-bond donors (Lipinski definition) is 3. The van der Waals surface area contributed by atoms with Gasteiger partial charge >= 0.3 is 5.97 Å². The number of amides is 1. The number of carboxylic acid groups (broad SMARTS) is 1. The summed E-state index contributed by atoms with van der Waals surface area (Å²) >= 11 is 0. The van der Waals surface area contributed by atoms with Crippen molar-refractivity contribution in [1.82, 2.24) is 9.97 Å². The second-order valence-electron chi connectivity index (χ2n) is 5.63. The lowest BCUT2D eigenvalue weighted by Gasteiger charge is -2.09. The van der Waals surface area contributed by atoms with Crippen molar-refractivity contribution in [3.05, 3.63) is 74.2 Å². The Morgan fingerprint density at radius 3 is 2.62 bits per heavy atom. The molecule has 0 radical (unpaired) electrons. The van der Waals surface area contributed by atoms with Crippen molar-refractivity contribution >= 4 is 40.6 Å². The lowest BCUT2D eigenvalue weighted by molar-refractivity contribution is -0.383. The van der Waals surface area contributed by atoms with Crippen LogP contribution in [0.2, 0.25) is 0 Å². The second-order valence-corrected chi connectivity index (χ2v) is 5.63. The SMILES string of the molecule is C=C/C=C\C(C(=O)Nc1cc2nc(C(=O)O)c(=O)[nH]c2cc1[N+](=O)[O-])=C(/C)C=O. The summed E-state index contributed by atoms with van der Waals surface area (Å²) < 4.78 is 0. The van der Waals surface area contributed by atoms with Gasteiger partial charge in [0, 0.05) is 17.2 Å². The number of nitro benzene ring substituents is 1. The van der Waals surface area contributed by atoms with Gasteiger partial charge in [-0.2, -0.15) is 0 Å². The fraction of sp³-hybridized carbons (Fsp3) is 0.0556. The number of carbonyl (C=O) groups is 3. The number of aldehydes is 1. The number of aromatic amines is 1. The van der Waals surface area contributed by atoms with Crippen LogP contribution in [0.4, 0.5) is 11.4 Å². The van der Waals surface area contributed by atoms with E-state index in [0.717, 1.165) is 12.1 Å². The van der Waals surface area contributed by atoms with E-state index < -0.39 is 33.7 Å². The molecule has 3 N–H and O–H groups in total. The zero-order chi connectivity index (χ0) is 21.7. The summed E-state index contributed by atoms with van der Waals surface area (Å²) in [6.07, 6.45) is 4.53. The van der Waals surface area contributed by atoms with E-state index in [1.54, 1.807) is 0 Å². The molecule has 0 unspecified atom stereocenters. The third-order valence-corrected chi connectivity index (χ3v) is 3.70. The van der Waals surface area contributed by atoms with Crippen LogP contribution in [0.25, 0.3) is 11.0 Å². The highest BCUT2D eigenvalue weighted by molar-refractivity contribution is 6.10. The zero-order valence-electron chi connectivity index (χ0n) is 15.0. The number of nitrogens with one attached hydrogen (secondary N) is 2. The smallest absolute Gasteiger partial charge is 0.360 e. The number of nitro groups is 1. The molecule has 1 aromatic carbocycles. The topological polar surface area (TPSA) is 172 Å². The molecule has 11 nitrogen and oxygen atoms in total. The molecular weight excluding hydrogens is 384 g/mol. The molecule has 2 aromatic rings. The average molecular weight is 398 g/mol. The van der Waals surface area contributed by atoms with Crippen molar-refractivity contribution in [3.63, 3.8) is 0 Å². The van der Waals surface area contributed by atoms with Crippen LogP contribution in [0.5, 0.6) is 0 Å². The quantitative estimate of drug-likeness (QED) is 0.208. The Kier molecular flexibility index (Phi) is 6.14. The van der Waals surface area contributed by atoms with Gasteiger partial charge in [0.1, 0.15) is 12.0 Å². The summed E-state index contributed by atoms with van der Waals surface area (Å²) in [6.45, 7) is 4.84. The molecule has 0 saturated heterocycles. The number of carbonyl (C=O) groups excluding carboxylic acids is 2. The molecule has 1 aromatic heterocycles. The number of carboxylic acids is 1. The molecular formula is C18H14N4O7. The summed E-state index contributed by atoms with van der Waals surface area (Å²) in [7, 11) is 0. The molecule has 0 spiro atoms. The van der Waals surface area contributed by atoms with Gasteiger partial charge in [-0.1, -0.05) is 18.7 Å². The Bertz CT molecular complexity index is 1170. The summed E-state index contributed by atoms with van der Waals surface area (Å²) in [4.78, 5) is 62.9. The summed E-state index contributed by atoms with van der Waals surface area (Å²) in [5, 5.41) is 22.7. The number of allylic oxidation sites excluding steroid dienone is 3.